The highest BCUT2D eigenvalue weighted by Gasteiger charge is 2.19. The second-order valence-corrected chi connectivity index (χ2v) is 6.29. The second-order valence-electron chi connectivity index (χ2n) is 3.83. The van der Waals surface area contributed by atoms with Crippen molar-refractivity contribution in [3.63, 3.8) is 0 Å². The van der Waals surface area contributed by atoms with Gasteiger partial charge in [-0.25, -0.2) is 0 Å². The maximum atomic E-state index is 5.93. The van der Waals surface area contributed by atoms with Gasteiger partial charge < -0.3 is 10.3 Å². The summed E-state index contributed by atoms with van der Waals surface area (Å²) in [5.74, 6) is 1.37. The Morgan fingerprint density at radius 2 is 2.19 bits per heavy atom. The van der Waals surface area contributed by atoms with Gasteiger partial charge in [-0.05, 0) is 34.0 Å². The van der Waals surface area contributed by atoms with Gasteiger partial charge >= 0.3 is 0 Å². The van der Waals surface area contributed by atoms with Gasteiger partial charge in [0.15, 0.2) is 0 Å². The summed E-state index contributed by atoms with van der Waals surface area (Å²) < 4.78 is 6.20. The number of nitrogens with two attached hydrogens (primary N) is 1. The molecule has 0 aliphatic carbocycles. The number of aromatic nitrogens is 2. The van der Waals surface area contributed by atoms with Crippen LogP contribution in [0.4, 0.5) is 0 Å². The van der Waals surface area contributed by atoms with Crippen LogP contribution < -0.4 is 5.73 Å². The molecule has 2 heterocycles. The minimum atomic E-state index is -0.204. The zero-order valence-corrected chi connectivity index (χ0v) is 11.4. The largest absolute Gasteiger partial charge is 0.337 e. The van der Waals surface area contributed by atoms with Crippen LogP contribution in [0.1, 0.15) is 25.8 Å². The van der Waals surface area contributed by atoms with Crippen LogP contribution in [0.25, 0.3) is 10.7 Å². The van der Waals surface area contributed by atoms with Crippen molar-refractivity contribution in [1.29, 1.82) is 0 Å². The minimum absolute atomic E-state index is 0.204. The summed E-state index contributed by atoms with van der Waals surface area (Å²) in [6.45, 7) is 4.05. The summed E-state index contributed by atoms with van der Waals surface area (Å²) in [5.41, 5.74) is 5.93. The van der Waals surface area contributed by atoms with Crippen molar-refractivity contribution in [2.45, 2.75) is 19.9 Å². The third kappa shape index (κ3) is 2.34. The Kier molecular flexibility index (Phi) is 3.41. The fourth-order valence-corrected chi connectivity index (χ4v) is 2.50. The molecule has 4 nitrogen and oxygen atoms in total. The molecule has 2 aromatic heterocycles. The second kappa shape index (κ2) is 4.65. The van der Waals surface area contributed by atoms with E-state index < -0.39 is 0 Å². The molecule has 0 fully saturated rings. The summed E-state index contributed by atoms with van der Waals surface area (Å²) in [7, 11) is 0. The van der Waals surface area contributed by atoms with E-state index in [0.29, 0.717) is 11.7 Å². The first kappa shape index (κ1) is 11.8. The average molecular weight is 302 g/mol. The molecule has 0 aliphatic heterocycles. The predicted molar refractivity (Wildman–Crippen MR) is 67.1 cm³/mol. The summed E-state index contributed by atoms with van der Waals surface area (Å²) in [6.07, 6.45) is 0. The molecule has 0 bridgehead atoms. The number of hydrogen-bond acceptors (Lipinski definition) is 5. The number of thiophene rings is 1. The van der Waals surface area contributed by atoms with E-state index in [0.717, 1.165) is 8.66 Å². The Morgan fingerprint density at radius 1 is 1.44 bits per heavy atom. The van der Waals surface area contributed by atoms with Gasteiger partial charge in [-0.3, -0.25) is 0 Å². The van der Waals surface area contributed by atoms with Crippen LogP contribution in [0.15, 0.2) is 20.4 Å². The van der Waals surface area contributed by atoms with Gasteiger partial charge in [0.05, 0.1) is 14.7 Å². The van der Waals surface area contributed by atoms with E-state index in [-0.39, 0.29) is 12.0 Å². The molecule has 0 aliphatic rings. The molecule has 2 rings (SSSR count). The fourth-order valence-electron chi connectivity index (χ4n) is 1.19. The highest BCUT2D eigenvalue weighted by molar-refractivity contribution is 9.11. The third-order valence-corrected chi connectivity index (χ3v) is 3.86. The van der Waals surface area contributed by atoms with Crippen molar-refractivity contribution >= 4 is 27.3 Å². The Balaban J connectivity index is 2.26. The maximum absolute atomic E-state index is 5.93. The van der Waals surface area contributed by atoms with Crippen LogP contribution in [0, 0.1) is 5.92 Å². The van der Waals surface area contributed by atoms with Gasteiger partial charge in [0.25, 0.3) is 0 Å². The quantitative estimate of drug-likeness (QED) is 0.945. The van der Waals surface area contributed by atoms with Crippen molar-refractivity contribution in [1.82, 2.24) is 10.1 Å². The zero-order chi connectivity index (χ0) is 11.7. The lowest BCUT2D eigenvalue weighted by Crippen LogP contribution is -2.16. The summed E-state index contributed by atoms with van der Waals surface area (Å²) >= 11 is 4.96. The van der Waals surface area contributed by atoms with Crippen molar-refractivity contribution < 1.29 is 4.52 Å². The van der Waals surface area contributed by atoms with Gasteiger partial charge in [-0.15, -0.1) is 11.3 Å². The van der Waals surface area contributed by atoms with Crippen LogP contribution in [0.3, 0.4) is 0 Å². The molecule has 0 saturated carbocycles. The highest BCUT2D eigenvalue weighted by Crippen LogP contribution is 2.30. The van der Waals surface area contributed by atoms with E-state index in [2.05, 4.69) is 26.1 Å². The topological polar surface area (TPSA) is 64.9 Å². The minimum Gasteiger partial charge on any atom is -0.337 e. The van der Waals surface area contributed by atoms with Crippen LogP contribution in [-0.4, -0.2) is 10.1 Å². The Hall–Kier alpha value is -0.720. The normalized spacial score (nSPS) is 13.3. The van der Waals surface area contributed by atoms with E-state index in [9.17, 15) is 0 Å². The predicted octanol–water partition coefficient (Wildman–Crippen LogP) is 3.22. The van der Waals surface area contributed by atoms with E-state index in [4.69, 9.17) is 10.3 Å². The summed E-state index contributed by atoms with van der Waals surface area (Å²) in [4.78, 5) is 5.27. The van der Waals surface area contributed by atoms with Crippen molar-refractivity contribution in [3.8, 4) is 10.7 Å². The Morgan fingerprint density at radius 3 is 2.75 bits per heavy atom. The molecule has 2 aromatic rings. The van der Waals surface area contributed by atoms with Gasteiger partial charge in [0.2, 0.25) is 11.7 Å². The standard InChI is InChI=1S/C10H12BrN3OS/c1-5(2)8(12)10-13-9(14-15-10)6-3-4-7(11)16-6/h3-5,8H,12H2,1-2H3. The summed E-state index contributed by atoms with van der Waals surface area (Å²) in [6, 6.07) is 3.70. The first-order chi connectivity index (χ1) is 7.58. The lowest BCUT2D eigenvalue weighted by atomic mass is 10.1. The van der Waals surface area contributed by atoms with Crippen molar-refractivity contribution in [2.75, 3.05) is 0 Å². The molecule has 2 N–H and O–H groups in total. The third-order valence-electron chi connectivity index (χ3n) is 2.24. The number of halogens is 1. The van der Waals surface area contributed by atoms with Gasteiger partial charge in [0, 0.05) is 0 Å². The molecule has 86 valence electrons. The van der Waals surface area contributed by atoms with Gasteiger partial charge in [0.1, 0.15) is 0 Å². The molecule has 0 aromatic carbocycles. The lowest BCUT2D eigenvalue weighted by Gasteiger charge is -2.08. The molecule has 6 heteroatoms. The number of nitrogens with zero attached hydrogens (tertiary/aromatic N) is 2. The van der Waals surface area contributed by atoms with Gasteiger partial charge in [-0.2, -0.15) is 4.98 Å². The van der Waals surface area contributed by atoms with Crippen molar-refractivity contribution in [3.05, 3.63) is 21.8 Å². The van der Waals surface area contributed by atoms with Crippen LogP contribution >= 0.6 is 27.3 Å². The van der Waals surface area contributed by atoms with E-state index in [1.807, 2.05) is 26.0 Å². The number of hydrogen-bond donors (Lipinski definition) is 1. The zero-order valence-electron chi connectivity index (χ0n) is 8.98. The molecule has 0 amide bonds. The van der Waals surface area contributed by atoms with Crippen LogP contribution in [0.2, 0.25) is 0 Å². The Bertz CT molecular complexity index is 480. The van der Waals surface area contributed by atoms with Gasteiger partial charge in [-0.1, -0.05) is 19.0 Å². The molecule has 0 spiro atoms. The molecule has 0 saturated heterocycles. The van der Waals surface area contributed by atoms with E-state index in [1.54, 1.807) is 11.3 Å². The molecule has 1 unspecified atom stereocenters. The molecular weight excluding hydrogens is 290 g/mol. The van der Waals surface area contributed by atoms with E-state index >= 15 is 0 Å². The monoisotopic (exact) mass is 301 g/mol. The smallest absolute Gasteiger partial charge is 0.244 e. The molecule has 1 atom stereocenters. The first-order valence-corrected chi connectivity index (χ1v) is 6.53. The van der Waals surface area contributed by atoms with Crippen LogP contribution in [-0.2, 0) is 0 Å². The first-order valence-electron chi connectivity index (χ1n) is 4.93. The van der Waals surface area contributed by atoms with E-state index in [1.165, 1.54) is 0 Å². The SMILES string of the molecule is CC(C)C(N)c1nc(-c2ccc(Br)s2)no1. The molecule has 0 radical (unpaired) electrons. The van der Waals surface area contributed by atoms with Crippen molar-refractivity contribution in [2.24, 2.45) is 11.7 Å². The average Bonchev–Trinajstić information content (AvgIpc) is 2.84. The lowest BCUT2D eigenvalue weighted by molar-refractivity contribution is 0.325. The fraction of sp³-hybridized carbons (Fsp3) is 0.400. The Labute approximate surface area is 106 Å². The maximum Gasteiger partial charge on any atom is 0.244 e. The van der Waals surface area contributed by atoms with Crippen LogP contribution in [0.5, 0.6) is 0 Å². The molecular formula is C10H12BrN3OS. The number of rotatable bonds is 3. The molecule has 16 heavy (non-hydrogen) atoms. The highest BCUT2D eigenvalue weighted by atomic mass is 79.9. The summed E-state index contributed by atoms with van der Waals surface area (Å²) in [5, 5.41) is 3.93.